The van der Waals surface area contributed by atoms with Gasteiger partial charge < -0.3 is 29.2 Å². The quantitative estimate of drug-likeness (QED) is 0.0525. The lowest BCUT2D eigenvalue weighted by atomic mass is 10.0. The number of anilines is 1. The molecule has 4 heterocycles. The number of halogens is 2. The van der Waals surface area contributed by atoms with E-state index >= 15 is 0 Å². The van der Waals surface area contributed by atoms with Crippen molar-refractivity contribution in [2.45, 2.75) is 141 Å². The van der Waals surface area contributed by atoms with Crippen molar-refractivity contribution in [3.63, 3.8) is 0 Å². The van der Waals surface area contributed by atoms with Crippen LogP contribution in [0.5, 0.6) is 5.75 Å². The van der Waals surface area contributed by atoms with Gasteiger partial charge in [-0.2, -0.15) is 10.4 Å². The van der Waals surface area contributed by atoms with Crippen molar-refractivity contribution in [3.05, 3.63) is 88.6 Å². The molecule has 59 heavy (non-hydrogen) atoms. The SMILES string of the molecule is CCCCCCCCCCCCC[C@@H](COP(=O)(OC[C@H]1O[C@@H](c2ccc3c(N)ncnn23)[C@@H]2OC(C)(C)O[C@@H]21)Oc1ccccc1Cl)OCc1cc(F)cc(C#N)c1. The molecule has 2 saturated heterocycles. The van der Waals surface area contributed by atoms with Crippen LogP contribution in [0.1, 0.15) is 121 Å². The van der Waals surface area contributed by atoms with Gasteiger partial charge in [-0.1, -0.05) is 101 Å². The average Bonchev–Trinajstić information content (AvgIpc) is 3.88. The summed E-state index contributed by atoms with van der Waals surface area (Å²) in [6.45, 7) is 5.42. The summed E-state index contributed by atoms with van der Waals surface area (Å²) in [5.74, 6) is -1.06. The number of nitrogens with zero attached hydrogens (tertiary/aromatic N) is 4. The predicted molar refractivity (Wildman–Crippen MR) is 221 cm³/mol. The Kier molecular flexibility index (Phi) is 16.2. The Morgan fingerprint density at radius 2 is 1.69 bits per heavy atom. The van der Waals surface area contributed by atoms with Crippen LogP contribution >= 0.6 is 19.4 Å². The molecule has 2 aromatic carbocycles. The summed E-state index contributed by atoms with van der Waals surface area (Å²) in [5, 5.41) is 14.0. The highest BCUT2D eigenvalue weighted by Crippen LogP contribution is 2.53. The summed E-state index contributed by atoms with van der Waals surface area (Å²) >= 11 is 6.45. The third-order valence-corrected chi connectivity index (χ3v) is 12.2. The Hall–Kier alpha value is -3.64. The van der Waals surface area contributed by atoms with Crippen LogP contribution in [0.3, 0.4) is 0 Å². The van der Waals surface area contributed by atoms with Crippen LogP contribution in [0.2, 0.25) is 5.02 Å². The molecule has 2 aliphatic rings. The lowest BCUT2D eigenvalue weighted by molar-refractivity contribution is -0.191. The lowest BCUT2D eigenvalue weighted by Gasteiger charge is -2.26. The highest BCUT2D eigenvalue weighted by molar-refractivity contribution is 7.48. The number of benzene rings is 2. The smallest absolute Gasteiger partial charge is 0.402 e. The van der Waals surface area contributed by atoms with Gasteiger partial charge in [0.15, 0.2) is 11.6 Å². The molecular weight excluding hydrogens is 800 g/mol. The normalized spacial score (nSPS) is 21.3. The number of phosphoric acid groups is 1. The maximum Gasteiger partial charge on any atom is 0.530 e. The van der Waals surface area contributed by atoms with Crippen LogP contribution in [-0.2, 0) is 39.2 Å². The zero-order valence-corrected chi connectivity index (χ0v) is 35.8. The van der Waals surface area contributed by atoms with Gasteiger partial charge in [-0.05, 0) is 68.3 Å². The zero-order valence-electron chi connectivity index (χ0n) is 34.1. The standard InChI is InChI=1S/C43H56ClFN5O8P/c1-4-5-6-7-8-9-10-11-12-13-14-17-33(52-26-31-22-30(25-46)23-32(45)24-31)27-53-59(51,58-37-19-16-15-18-34(37)44)54-28-38-40-41(57-43(2,3)56-40)39(55-38)35-20-21-36-42(47)48-29-49-50(35)36/h15-16,18-24,29,33,38-41H,4-14,17,26-28H2,1-3H3,(H2,47,48,49)/t33-,38+,39-,40+,41-,59?/m0/s1. The van der Waals surface area contributed by atoms with E-state index < -0.39 is 49.9 Å². The van der Waals surface area contributed by atoms with Crippen molar-refractivity contribution in [1.29, 1.82) is 5.26 Å². The van der Waals surface area contributed by atoms with E-state index in [1.807, 2.05) is 26.0 Å². The number of aromatic nitrogens is 3. The van der Waals surface area contributed by atoms with Crippen LogP contribution in [-0.4, -0.2) is 58.0 Å². The minimum absolute atomic E-state index is 0.00745. The number of phosphoric ester groups is 1. The second kappa shape index (κ2) is 21.2. The predicted octanol–water partition coefficient (Wildman–Crippen LogP) is 10.4. The van der Waals surface area contributed by atoms with Crippen LogP contribution in [0, 0.1) is 17.1 Å². The minimum atomic E-state index is -4.44. The number of ether oxygens (including phenoxy) is 4. The van der Waals surface area contributed by atoms with E-state index in [1.54, 1.807) is 40.9 Å². The number of fused-ring (bicyclic) bond motifs is 2. The van der Waals surface area contributed by atoms with E-state index in [-0.39, 0.29) is 36.2 Å². The number of nitrogen functional groups attached to an aromatic ring is 1. The van der Waals surface area contributed by atoms with Crippen LogP contribution in [0.4, 0.5) is 10.2 Å². The summed E-state index contributed by atoms with van der Waals surface area (Å²) in [6.07, 6.45) is 11.7. The maximum absolute atomic E-state index is 14.7. The molecule has 16 heteroatoms. The average molecular weight is 856 g/mol. The topological polar surface area (TPSA) is 162 Å². The molecule has 0 amide bonds. The minimum Gasteiger partial charge on any atom is -0.402 e. The summed E-state index contributed by atoms with van der Waals surface area (Å²) in [4.78, 5) is 4.08. The number of unbranched alkanes of at least 4 members (excludes halogenated alkanes) is 10. The summed E-state index contributed by atoms with van der Waals surface area (Å²) in [5.41, 5.74) is 8.07. The van der Waals surface area contributed by atoms with Crippen LogP contribution < -0.4 is 10.3 Å². The Morgan fingerprint density at radius 3 is 2.42 bits per heavy atom. The summed E-state index contributed by atoms with van der Waals surface area (Å²) in [6, 6.07) is 16.3. The van der Waals surface area contributed by atoms with Crippen molar-refractivity contribution in [2.75, 3.05) is 18.9 Å². The van der Waals surface area contributed by atoms with Crippen molar-refractivity contribution in [3.8, 4) is 11.8 Å². The highest BCUT2D eigenvalue weighted by atomic mass is 35.5. The fourth-order valence-corrected chi connectivity index (χ4v) is 9.06. The number of nitrogens with two attached hydrogens (primary N) is 1. The molecule has 13 nitrogen and oxygen atoms in total. The van der Waals surface area contributed by atoms with Crippen molar-refractivity contribution in [2.24, 2.45) is 0 Å². The second-order valence-electron chi connectivity index (χ2n) is 15.6. The molecule has 2 N–H and O–H groups in total. The van der Waals surface area contributed by atoms with Gasteiger partial charge in [0.2, 0.25) is 0 Å². The van der Waals surface area contributed by atoms with Crippen molar-refractivity contribution >= 4 is 30.8 Å². The molecule has 0 radical (unpaired) electrons. The molecule has 320 valence electrons. The fourth-order valence-electron chi connectivity index (χ4n) is 7.57. The number of rotatable bonds is 24. The van der Waals surface area contributed by atoms with Gasteiger partial charge in [-0.15, -0.1) is 0 Å². The van der Waals surface area contributed by atoms with Gasteiger partial charge in [0, 0.05) is 0 Å². The Labute approximate surface area is 351 Å². The number of hydrogen-bond donors (Lipinski definition) is 1. The summed E-state index contributed by atoms with van der Waals surface area (Å²) in [7, 11) is -4.44. The van der Waals surface area contributed by atoms with Gasteiger partial charge in [0.25, 0.3) is 0 Å². The van der Waals surface area contributed by atoms with Crippen LogP contribution in [0.15, 0.2) is 60.9 Å². The fraction of sp³-hybridized carbons (Fsp3) is 0.558. The largest absolute Gasteiger partial charge is 0.530 e. The van der Waals surface area contributed by atoms with Gasteiger partial charge in [0.05, 0.1) is 48.3 Å². The number of hydrogen-bond acceptors (Lipinski definition) is 12. The van der Waals surface area contributed by atoms with Gasteiger partial charge in [-0.25, -0.2) is 18.5 Å². The Balaban J connectivity index is 1.14. The molecule has 0 saturated carbocycles. The molecule has 2 fully saturated rings. The van der Waals surface area contributed by atoms with Gasteiger partial charge >= 0.3 is 7.82 Å². The van der Waals surface area contributed by atoms with E-state index in [2.05, 4.69) is 17.0 Å². The van der Waals surface area contributed by atoms with Gasteiger partial charge in [-0.3, -0.25) is 9.05 Å². The number of nitriles is 1. The number of para-hydroxylation sites is 1. The van der Waals surface area contributed by atoms with E-state index in [0.29, 0.717) is 29.0 Å². The monoisotopic (exact) mass is 855 g/mol. The summed E-state index contributed by atoms with van der Waals surface area (Å²) < 4.78 is 74.2. The highest BCUT2D eigenvalue weighted by Gasteiger charge is 2.57. The molecule has 0 bridgehead atoms. The lowest BCUT2D eigenvalue weighted by Crippen LogP contribution is -2.33. The first-order valence-electron chi connectivity index (χ1n) is 20.7. The Morgan fingerprint density at radius 1 is 0.983 bits per heavy atom. The second-order valence-corrected chi connectivity index (χ2v) is 17.6. The molecule has 1 unspecified atom stereocenters. The molecule has 2 aromatic heterocycles. The zero-order chi connectivity index (χ0) is 41.8. The molecule has 0 aliphatic carbocycles. The molecule has 6 atom stereocenters. The van der Waals surface area contributed by atoms with Crippen molar-refractivity contribution in [1.82, 2.24) is 14.6 Å². The Bertz CT molecular complexity index is 2070. The third kappa shape index (κ3) is 12.5. The molecule has 6 rings (SSSR count). The maximum atomic E-state index is 14.7. The molecule has 2 aliphatic heterocycles. The van der Waals surface area contributed by atoms with E-state index in [1.165, 1.54) is 63.4 Å². The van der Waals surface area contributed by atoms with E-state index in [9.17, 15) is 14.2 Å². The van der Waals surface area contributed by atoms with Crippen molar-refractivity contribution < 1.29 is 41.5 Å². The first-order valence-corrected chi connectivity index (χ1v) is 22.5. The van der Waals surface area contributed by atoms with E-state index in [4.69, 9.17) is 49.9 Å². The first kappa shape index (κ1) is 44.9. The van der Waals surface area contributed by atoms with Crippen LogP contribution in [0.25, 0.3) is 5.52 Å². The van der Waals surface area contributed by atoms with E-state index in [0.717, 1.165) is 25.7 Å². The molecule has 0 spiro atoms. The molecule has 4 aromatic rings. The van der Waals surface area contributed by atoms with Gasteiger partial charge in [0.1, 0.15) is 47.8 Å². The third-order valence-electron chi connectivity index (χ3n) is 10.5. The first-order chi connectivity index (χ1) is 28.5. The molecular formula is C43H56ClFN5O8P.